The summed E-state index contributed by atoms with van der Waals surface area (Å²) in [6.07, 6.45) is 2.06. The van der Waals surface area contributed by atoms with Gasteiger partial charge in [0, 0.05) is 11.3 Å². The molecule has 0 aliphatic heterocycles. The van der Waals surface area contributed by atoms with Crippen molar-refractivity contribution < 1.29 is 0 Å². The van der Waals surface area contributed by atoms with Gasteiger partial charge in [0.15, 0.2) is 0 Å². The molecule has 0 aromatic heterocycles. The highest BCUT2D eigenvalue weighted by Crippen LogP contribution is 2.04. The lowest BCUT2D eigenvalue weighted by Gasteiger charge is -2.18. The Balaban J connectivity index is 2.38. The molecule has 0 amide bonds. The van der Waals surface area contributed by atoms with E-state index in [1.165, 1.54) is 5.56 Å². The number of hydrazone groups is 1. The third-order valence-electron chi connectivity index (χ3n) is 2.20. The minimum atomic E-state index is 0.0496. The molecular formula is C14H22N2. The zero-order valence-corrected chi connectivity index (χ0v) is 10.7. The van der Waals surface area contributed by atoms with Crippen molar-refractivity contribution in [2.75, 3.05) is 0 Å². The molecule has 0 aliphatic carbocycles. The van der Waals surface area contributed by atoms with Gasteiger partial charge in [-0.1, -0.05) is 30.3 Å². The van der Waals surface area contributed by atoms with Crippen molar-refractivity contribution in [2.45, 2.75) is 46.1 Å². The Morgan fingerprint density at radius 1 is 1.19 bits per heavy atom. The highest BCUT2D eigenvalue weighted by atomic mass is 15.3. The topological polar surface area (TPSA) is 24.4 Å². The van der Waals surface area contributed by atoms with Gasteiger partial charge >= 0.3 is 0 Å². The summed E-state index contributed by atoms with van der Waals surface area (Å²) in [4.78, 5) is 0. The third-order valence-corrected chi connectivity index (χ3v) is 2.20. The third kappa shape index (κ3) is 5.54. The van der Waals surface area contributed by atoms with E-state index in [9.17, 15) is 0 Å². The molecule has 0 unspecified atom stereocenters. The van der Waals surface area contributed by atoms with Crippen LogP contribution < -0.4 is 5.43 Å². The molecule has 16 heavy (non-hydrogen) atoms. The predicted octanol–water partition coefficient (Wildman–Crippen LogP) is 3.38. The molecule has 0 radical (unpaired) electrons. The van der Waals surface area contributed by atoms with Crippen LogP contribution in [0, 0.1) is 0 Å². The molecule has 0 saturated carbocycles. The summed E-state index contributed by atoms with van der Waals surface area (Å²) >= 11 is 0. The summed E-state index contributed by atoms with van der Waals surface area (Å²) in [6.45, 7) is 8.41. The van der Waals surface area contributed by atoms with Gasteiger partial charge in [-0.25, -0.2) is 0 Å². The van der Waals surface area contributed by atoms with E-state index in [2.05, 4.69) is 62.5 Å². The Kier molecular flexibility index (Phi) is 4.53. The lowest BCUT2D eigenvalue weighted by Crippen LogP contribution is -2.32. The minimum absolute atomic E-state index is 0.0496. The molecule has 2 nitrogen and oxygen atoms in total. The molecule has 0 heterocycles. The first-order valence-electron chi connectivity index (χ1n) is 5.82. The zero-order valence-electron chi connectivity index (χ0n) is 10.7. The van der Waals surface area contributed by atoms with Crippen molar-refractivity contribution in [3.05, 3.63) is 35.9 Å². The number of rotatable bonds is 4. The van der Waals surface area contributed by atoms with Crippen LogP contribution in [0.2, 0.25) is 0 Å². The summed E-state index contributed by atoms with van der Waals surface area (Å²) in [6, 6.07) is 10.5. The van der Waals surface area contributed by atoms with E-state index >= 15 is 0 Å². The predicted molar refractivity (Wildman–Crippen MR) is 70.8 cm³/mol. The molecule has 1 aromatic rings. The zero-order chi connectivity index (χ0) is 12.0. The number of hydrogen-bond acceptors (Lipinski definition) is 2. The molecular weight excluding hydrogens is 196 g/mol. The van der Waals surface area contributed by atoms with Gasteiger partial charge in [0.2, 0.25) is 0 Å². The van der Waals surface area contributed by atoms with Crippen LogP contribution in [0.15, 0.2) is 35.4 Å². The fourth-order valence-corrected chi connectivity index (χ4v) is 1.29. The van der Waals surface area contributed by atoms with Crippen molar-refractivity contribution in [3.8, 4) is 0 Å². The van der Waals surface area contributed by atoms with Crippen LogP contribution in [0.3, 0.4) is 0 Å². The van der Waals surface area contributed by atoms with E-state index < -0.39 is 0 Å². The summed E-state index contributed by atoms with van der Waals surface area (Å²) in [5.41, 5.74) is 5.72. The second-order valence-corrected chi connectivity index (χ2v) is 5.19. The van der Waals surface area contributed by atoms with Crippen LogP contribution >= 0.6 is 0 Å². The van der Waals surface area contributed by atoms with E-state index in [4.69, 9.17) is 0 Å². The quantitative estimate of drug-likeness (QED) is 0.608. The van der Waals surface area contributed by atoms with Gasteiger partial charge in [-0.05, 0) is 46.1 Å². The number of hydrogen-bond donors (Lipinski definition) is 1. The Labute approximate surface area is 98.8 Å². The summed E-state index contributed by atoms with van der Waals surface area (Å²) < 4.78 is 0. The van der Waals surface area contributed by atoms with Crippen molar-refractivity contribution in [1.29, 1.82) is 0 Å². The van der Waals surface area contributed by atoms with Gasteiger partial charge < -0.3 is 5.43 Å². The minimum Gasteiger partial charge on any atom is -0.305 e. The number of benzene rings is 1. The van der Waals surface area contributed by atoms with E-state index in [0.717, 1.165) is 18.6 Å². The van der Waals surface area contributed by atoms with Crippen LogP contribution in [0.5, 0.6) is 0 Å². The van der Waals surface area contributed by atoms with E-state index in [1.807, 2.05) is 6.07 Å². The number of aryl methyl sites for hydroxylation is 1. The molecule has 2 heteroatoms. The fourth-order valence-electron chi connectivity index (χ4n) is 1.29. The largest absolute Gasteiger partial charge is 0.305 e. The van der Waals surface area contributed by atoms with Crippen molar-refractivity contribution in [3.63, 3.8) is 0 Å². The Hall–Kier alpha value is -1.31. The molecule has 1 rings (SSSR count). The molecule has 0 fully saturated rings. The average molecular weight is 218 g/mol. The van der Waals surface area contributed by atoms with Gasteiger partial charge in [0.05, 0.1) is 0 Å². The second kappa shape index (κ2) is 5.69. The van der Waals surface area contributed by atoms with Crippen molar-refractivity contribution in [1.82, 2.24) is 5.43 Å². The highest BCUT2D eigenvalue weighted by Gasteiger charge is 2.06. The monoisotopic (exact) mass is 218 g/mol. The number of nitrogens with zero attached hydrogens (tertiary/aromatic N) is 1. The summed E-state index contributed by atoms with van der Waals surface area (Å²) in [7, 11) is 0. The first-order chi connectivity index (χ1) is 7.47. The van der Waals surface area contributed by atoms with Crippen LogP contribution in [0.1, 0.15) is 39.7 Å². The van der Waals surface area contributed by atoms with Gasteiger partial charge in [0.1, 0.15) is 0 Å². The molecule has 0 bridgehead atoms. The Morgan fingerprint density at radius 3 is 2.38 bits per heavy atom. The summed E-state index contributed by atoms with van der Waals surface area (Å²) in [5.74, 6) is 0. The SMILES string of the molecule is CC(CCc1ccccc1)=NNC(C)(C)C. The average Bonchev–Trinajstić information content (AvgIpc) is 2.24. The lowest BCUT2D eigenvalue weighted by atomic mass is 10.1. The molecule has 0 aliphatic rings. The molecule has 1 aromatic carbocycles. The molecule has 0 saturated heterocycles. The van der Waals surface area contributed by atoms with Gasteiger partial charge in [-0.15, -0.1) is 0 Å². The van der Waals surface area contributed by atoms with Crippen molar-refractivity contribution in [2.24, 2.45) is 5.10 Å². The maximum Gasteiger partial charge on any atom is 0.0464 e. The first-order valence-corrected chi connectivity index (χ1v) is 5.82. The fraction of sp³-hybridized carbons (Fsp3) is 0.500. The molecule has 1 N–H and O–H groups in total. The van der Waals surface area contributed by atoms with E-state index in [-0.39, 0.29) is 5.54 Å². The Morgan fingerprint density at radius 2 is 1.81 bits per heavy atom. The normalized spacial score (nSPS) is 12.6. The van der Waals surface area contributed by atoms with Gasteiger partial charge in [-0.3, -0.25) is 0 Å². The van der Waals surface area contributed by atoms with E-state index in [0.29, 0.717) is 0 Å². The van der Waals surface area contributed by atoms with Gasteiger partial charge in [0.25, 0.3) is 0 Å². The first kappa shape index (κ1) is 12.8. The van der Waals surface area contributed by atoms with E-state index in [1.54, 1.807) is 0 Å². The van der Waals surface area contributed by atoms with Crippen LogP contribution in [0.4, 0.5) is 0 Å². The Bertz CT molecular complexity index is 334. The van der Waals surface area contributed by atoms with Crippen LogP contribution in [-0.4, -0.2) is 11.3 Å². The molecule has 88 valence electrons. The smallest absolute Gasteiger partial charge is 0.0464 e. The van der Waals surface area contributed by atoms with Crippen LogP contribution in [-0.2, 0) is 6.42 Å². The molecule has 0 atom stereocenters. The van der Waals surface area contributed by atoms with Crippen LogP contribution in [0.25, 0.3) is 0 Å². The van der Waals surface area contributed by atoms with Gasteiger partial charge in [-0.2, -0.15) is 5.10 Å². The van der Waals surface area contributed by atoms with Crippen molar-refractivity contribution >= 4 is 5.71 Å². The lowest BCUT2D eigenvalue weighted by molar-refractivity contribution is 0.440. The summed E-state index contributed by atoms with van der Waals surface area (Å²) in [5, 5.41) is 4.38. The standard InChI is InChI=1S/C14H22N2/c1-12(15-16-14(2,3)4)10-11-13-8-6-5-7-9-13/h5-9,16H,10-11H2,1-4H3. The maximum atomic E-state index is 4.38. The maximum absolute atomic E-state index is 4.38. The highest BCUT2D eigenvalue weighted by molar-refractivity contribution is 5.81. The molecule has 0 spiro atoms. The second-order valence-electron chi connectivity index (χ2n) is 5.19. The number of nitrogens with one attached hydrogen (secondary N) is 1.